The van der Waals surface area contributed by atoms with Crippen LogP contribution in [-0.4, -0.2) is 41.7 Å². The normalized spacial score (nSPS) is 26.7. The summed E-state index contributed by atoms with van der Waals surface area (Å²) in [5.74, 6) is 0.760. The molecule has 3 rings (SSSR count). The Hall–Kier alpha value is -1.76. The van der Waals surface area contributed by atoms with Crippen molar-refractivity contribution >= 4 is 5.91 Å². The number of piperidine rings is 1. The van der Waals surface area contributed by atoms with Crippen molar-refractivity contribution in [1.82, 2.24) is 4.90 Å². The van der Waals surface area contributed by atoms with Gasteiger partial charge in [0.15, 0.2) is 0 Å². The molecule has 27 heavy (non-hydrogen) atoms. The first-order valence-corrected chi connectivity index (χ1v) is 9.60. The van der Waals surface area contributed by atoms with E-state index < -0.39 is 11.7 Å². The van der Waals surface area contributed by atoms with Crippen LogP contribution in [0.25, 0.3) is 0 Å². The predicted molar refractivity (Wildman–Crippen MR) is 94.2 cm³/mol. The molecule has 150 valence electrons. The third kappa shape index (κ3) is 5.37. The molecule has 1 saturated carbocycles. The van der Waals surface area contributed by atoms with E-state index in [1.54, 1.807) is 0 Å². The van der Waals surface area contributed by atoms with Gasteiger partial charge in [-0.3, -0.25) is 4.79 Å². The minimum Gasteiger partial charge on any atom is -0.493 e. The molecule has 1 aliphatic heterocycles. The average molecular weight is 385 g/mol. The van der Waals surface area contributed by atoms with Crippen LogP contribution in [0, 0.1) is 11.8 Å². The molecular weight excluding hydrogens is 359 g/mol. The molecule has 1 aliphatic carbocycles. The molecule has 1 unspecified atom stereocenters. The number of aliphatic hydroxyl groups is 1. The monoisotopic (exact) mass is 385 g/mol. The first-order valence-electron chi connectivity index (χ1n) is 9.60. The number of aliphatic hydroxyl groups excluding tert-OH is 1. The van der Waals surface area contributed by atoms with Crippen molar-refractivity contribution in [3.63, 3.8) is 0 Å². The quantitative estimate of drug-likeness (QED) is 0.856. The summed E-state index contributed by atoms with van der Waals surface area (Å²) in [5, 5.41) is 9.60. The number of benzene rings is 1. The lowest BCUT2D eigenvalue weighted by Crippen LogP contribution is -2.45. The van der Waals surface area contributed by atoms with Gasteiger partial charge in [-0.15, -0.1) is 0 Å². The van der Waals surface area contributed by atoms with Crippen molar-refractivity contribution in [2.45, 2.75) is 50.8 Å². The number of ether oxygens (including phenoxy) is 1. The zero-order valence-electron chi connectivity index (χ0n) is 15.3. The minimum atomic E-state index is -4.35. The summed E-state index contributed by atoms with van der Waals surface area (Å²) in [5.41, 5.74) is -0.693. The number of rotatable bonds is 4. The second-order valence-corrected chi connectivity index (χ2v) is 7.63. The Bertz CT molecular complexity index is 624. The van der Waals surface area contributed by atoms with Crippen molar-refractivity contribution in [3.05, 3.63) is 29.8 Å². The fraction of sp³-hybridized carbons (Fsp3) is 0.650. The lowest BCUT2D eigenvalue weighted by Gasteiger charge is -2.36. The summed E-state index contributed by atoms with van der Waals surface area (Å²) in [6, 6.07) is 4.71. The van der Waals surface area contributed by atoms with Crippen molar-refractivity contribution in [2.75, 3.05) is 19.7 Å². The van der Waals surface area contributed by atoms with Crippen LogP contribution in [0.4, 0.5) is 13.2 Å². The smallest absolute Gasteiger partial charge is 0.416 e. The van der Waals surface area contributed by atoms with Crippen LogP contribution in [0.5, 0.6) is 5.75 Å². The zero-order valence-corrected chi connectivity index (χ0v) is 15.3. The SMILES string of the molecule is O=C(C1CCC(O)CC1)N1CCCC(COc2ccc(C(F)(F)F)cc2)C1. The molecule has 1 saturated heterocycles. The van der Waals surface area contributed by atoms with Crippen molar-refractivity contribution in [2.24, 2.45) is 11.8 Å². The third-order valence-corrected chi connectivity index (χ3v) is 5.54. The Morgan fingerprint density at radius 2 is 1.78 bits per heavy atom. The van der Waals surface area contributed by atoms with Crippen molar-refractivity contribution in [1.29, 1.82) is 0 Å². The van der Waals surface area contributed by atoms with E-state index in [1.807, 2.05) is 4.90 Å². The Labute approximate surface area is 157 Å². The molecule has 1 atom stereocenters. The van der Waals surface area contributed by atoms with Gasteiger partial charge in [0.1, 0.15) is 5.75 Å². The maximum absolute atomic E-state index is 12.7. The van der Waals surface area contributed by atoms with Crippen LogP contribution in [0.1, 0.15) is 44.1 Å². The van der Waals surface area contributed by atoms with Crippen LogP contribution >= 0.6 is 0 Å². The van der Waals surface area contributed by atoms with Gasteiger partial charge in [0.05, 0.1) is 18.3 Å². The summed E-state index contributed by atoms with van der Waals surface area (Å²) in [7, 11) is 0. The number of likely N-dealkylation sites (tertiary alicyclic amines) is 1. The van der Waals surface area contributed by atoms with Crippen LogP contribution in [0.15, 0.2) is 24.3 Å². The van der Waals surface area contributed by atoms with E-state index in [4.69, 9.17) is 4.74 Å². The van der Waals surface area contributed by atoms with E-state index in [-0.39, 0.29) is 23.8 Å². The summed E-state index contributed by atoms with van der Waals surface area (Å²) < 4.78 is 43.5. The molecule has 0 radical (unpaired) electrons. The molecule has 2 aliphatic rings. The molecule has 2 fully saturated rings. The maximum Gasteiger partial charge on any atom is 0.416 e. The lowest BCUT2D eigenvalue weighted by molar-refractivity contribution is -0.139. The van der Waals surface area contributed by atoms with E-state index in [2.05, 4.69) is 0 Å². The maximum atomic E-state index is 12.7. The van der Waals surface area contributed by atoms with Crippen LogP contribution in [0.3, 0.4) is 0 Å². The highest BCUT2D eigenvalue weighted by atomic mass is 19.4. The van der Waals surface area contributed by atoms with E-state index in [0.717, 1.165) is 44.4 Å². The summed E-state index contributed by atoms with van der Waals surface area (Å²) in [6.45, 7) is 1.76. The van der Waals surface area contributed by atoms with Crippen LogP contribution in [0.2, 0.25) is 0 Å². The number of hydrogen-bond acceptors (Lipinski definition) is 3. The number of nitrogens with zero attached hydrogens (tertiary/aromatic N) is 1. The summed E-state index contributed by atoms with van der Waals surface area (Å²) >= 11 is 0. The standard InChI is InChI=1S/C20H26F3NO3/c21-20(22,23)16-5-9-18(10-6-16)27-13-14-2-1-11-24(12-14)19(26)15-3-7-17(25)8-4-15/h5-6,9-10,14-15,17,25H,1-4,7-8,11-13H2. The van der Waals surface area contributed by atoms with Gasteiger partial charge in [-0.05, 0) is 62.8 Å². The second-order valence-electron chi connectivity index (χ2n) is 7.63. The number of alkyl halides is 3. The Morgan fingerprint density at radius 3 is 2.41 bits per heavy atom. The highest BCUT2D eigenvalue weighted by Crippen LogP contribution is 2.31. The summed E-state index contributed by atoms with van der Waals surface area (Å²) in [4.78, 5) is 14.6. The van der Waals surface area contributed by atoms with E-state index in [1.165, 1.54) is 12.1 Å². The Morgan fingerprint density at radius 1 is 1.11 bits per heavy atom. The van der Waals surface area contributed by atoms with Gasteiger partial charge in [-0.2, -0.15) is 13.2 Å². The number of carbonyl (C=O) groups excluding carboxylic acids is 1. The average Bonchev–Trinajstić information content (AvgIpc) is 2.66. The Balaban J connectivity index is 1.49. The number of amides is 1. The minimum absolute atomic E-state index is 0.00276. The van der Waals surface area contributed by atoms with Crippen molar-refractivity contribution < 1.29 is 27.8 Å². The van der Waals surface area contributed by atoms with Gasteiger partial charge in [0, 0.05) is 24.9 Å². The third-order valence-electron chi connectivity index (χ3n) is 5.54. The fourth-order valence-electron chi connectivity index (χ4n) is 3.94. The molecule has 1 heterocycles. The highest BCUT2D eigenvalue weighted by Gasteiger charge is 2.32. The van der Waals surface area contributed by atoms with Gasteiger partial charge in [0.25, 0.3) is 0 Å². The largest absolute Gasteiger partial charge is 0.493 e. The molecule has 1 aromatic rings. The topological polar surface area (TPSA) is 49.8 Å². The number of carbonyl (C=O) groups is 1. The van der Waals surface area contributed by atoms with Gasteiger partial charge in [-0.25, -0.2) is 0 Å². The molecule has 0 bridgehead atoms. The van der Waals surface area contributed by atoms with Crippen molar-refractivity contribution in [3.8, 4) is 5.75 Å². The molecule has 1 aromatic carbocycles. The number of hydrogen-bond donors (Lipinski definition) is 1. The van der Waals surface area contributed by atoms with Crippen LogP contribution < -0.4 is 4.74 Å². The molecule has 7 heteroatoms. The zero-order chi connectivity index (χ0) is 19.4. The molecular formula is C20H26F3NO3. The molecule has 1 amide bonds. The van der Waals surface area contributed by atoms with Crippen LogP contribution in [-0.2, 0) is 11.0 Å². The highest BCUT2D eigenvalue weighted by molar-refractivity contribution is 5.79. The molecule has 0 spiro atoms. The second kappa shape index (κ2) is 8.50. The van der Waals surface area contributed by atoms with E-state index >= 15 is 0 Å². The fourth-order valence-corrected chi connectivity index (χ4v) is 3.94. The molecule has 4 nitrogen and oxygen atoms in total. The van der Waals surface area contributed by atoms with E-state index in [0.29, 0.717) is 31.7 Å². The molecule has 0 aromatic heterocycles. The molecule has 1 N–H and O–H groups in total. The first-order chi connectivity index (χ1) is 12.8. The first kappa shape index (κ1) is 20.0. The Kier molecular flexibility index (Phi) is 6.29. The van der Waals surface area contributed by atoms with Gasteiger partial charge >= 0.3 is 6.18 Å². The lowest BCUT2D eigenvalue weighted by atomic mass is 9.85. The number of halogens is 3. The predicted octanol–water partition coefficient (Wildman–Crippen LogP) is 3.87. The van der Waals surface area contributed by atoms with Gasteiger partial charge < -0.3 is 14.7 Å². The van der Waals surface area contributed by atoms with Gasteiger partial charge in [-0.1, -0.05) is 0 Å². The summed E-state index contributed by atoms with van der Waals surface area (Å²) in [6.07, 6.45) is 0.0654. The van der Waals surface area contributed by atoms with Gasteiger partial charge in [0.2, 0.25) is 5.91 Å². The van der Waals surface area contributed by atoms with E-state index in [9.17, 15) is 23.1 Å².